The normalized spacial score (nSPS) is 11.4. The SMILES string of the molecule is CCCc1c(Cc2ccc(-c3ccccc3-c3nn[nH]n3)cc2)c(CO)nn1C(C)C. The van der Waals surface area contributed by atoms with Gasteiger partial charge in [0, 0.05) is 29.3 Å². The number of nitrogens with one attached hydrogen (secondary N) is 1. The molecule has 0 aliphatic carbocycles. The second kappa shape index (κ2) is 9.22. The second-order valence-electron chi connectivity index (χ2n) is 7.97. The molecule has 0 spiro atoms. The third kappa shape index (κ3) is 4.27. The van der Waals surface area contributed by atoms with Crippen molar-refractivity contribution in [2.24, 2.45) is 0 Å². The van der Waals surface area contributed by atoms with E-state index in [2.05, 4.69) is 76.4 Å². The number of aromatic amines is 1. The van der Waals surface area contributed by atoms with Gasteiger partial charge in [0.25, 0.3) is 0 Å². The lowest BCUT2D eigenvalue weighted by Crippen LogP contribution is -2.08. The highest BCUT2D eigenvalue weighted by atomic mass is 16.3. The first-order valence-corrected chi connectivity index (χ1v) is 10.7. The van der Waals surface area contributed by atoms with Gasteiger partial charge >= 0.3 is 0 Å². The molecular formula is C24H28N6O. The maximum Gasteiger partial charge on any atom is 0.205 e. The highest BCUT2D eigenvalue weighted by Gasteiger charge is 2.19. The van der Waals surface area contributed by atoms with E-state index in [1.165, 1.54) is 11.3 Å². The van der Waals surface area contributed by atoms with E-state index in [4.69, 9.17) is 5.10 Å². The number of benzene rings is 2. The van der Waals surface area contributed by atoms with E-state index in [0.29, 0.717) is 5.82 Å². The first-order valence-electron chi connectivity index (χ1n) is 10.7. The van der Waals surface area contributed by atoms with Crippen LogP contribution in [0.15, 0.2) is 48.5 Å². The molecule has 0 atom stereocenters. The van der Waals surface area contributed by atoms with Crippen LogP contribution in [0.5, 0.6) is 0 Å². The molecule has 4 aromatic rings. The number of hydrogen-bond donors (Lipinski definition) is 2. The summed E-state index contributed by atoms with van der Waals surface area (Å²) in [4.78, 5) is 0. The van der Waals surface area contributed by atoms with Gasteiger partial charge < -0.3 is 5.11 Å². The molecule has 160 valence electrons. The Kier molecular flexibility index (Phi) is 6.23. The van der Waals surface area contributed by atoms with Crippen molar-refractivity contribution in [2.45, 2.75) is 52.7 Å². The van der Waals surface area contributed by atoms with Gasteiger partial charge in [0.2, 0.25) is 5.82 Å². The number of H-pyrrole nitrogens is 1. The van der Waals surface area contributed by atoms with E-state index in [0.717, 1.165) is 47.2 Å². The Labute approximate surface area is 182 Å². The number of rotatable bonds is 8. The number of aliphatic hydroxyl groups is 1. The van der Waals surface area contributed by atoms with Crippen LogP contribution in [0.4, 0.5) is 0 Å². The first-order chi connectivity index (χ1) is 15.1. The number of aromatic nitrogens is 6. The van der Waals surface area contributed by atoms with Crippen LogP contribution in [-0.4, -0.2) is 35.5 Å². The Hall–Kier alpha value is -3.32. The number of hydrogen-bond acceptors (Lipinski definition) is 5. The standard InChI is InChI=1S/C24H28N6O/c1-4-7-23-21(22(15-31)27-30(23)16(2)3)14-17-10-12-18(13-11-17)19-8-5-6-9-20(19)24-25-28-29-26-24/h5-6,8-13,16,31H,4,7,14-15H2,1-3H3,(H,25,26,28,29). The largest absolute Gasteiger partial charge is 0.390 e. The molecule has 2 N–H and O–H groups in total. The summed E-state index contributed by atoms with van der Waals surface area (Å²) in [6, 6.07) is 16.9. The molecule has 0 saturated heterocycles. The summed E-state index contributed by atoms with van der Waals surface area (Å²) in [5.74, 6) is 0.581. The van der Waals surface area contributed by atoms with Crippen molar-refractivity contribution in [1.82, 2.24) is 30.4 Å². The molecule has 0 saturated carbocycles. The molecule has 0 unspecified atom stereocenters. The fourth-order valence-electron chi connectivity index (χ4n) is 4.03. The number of aliphatic hydroxyl groups excluding tert-OH is 1. The zero-order chi connectivity index (χ0) is 21.8. The van der Waals surface area contributed by atoms with Gasteiger partial charge in [-0.15, -0.1) is 10.2 Å². The van der Waals surface area contributed by atoms with Crippen LogP contribution >= 0.6 is 0 Å². The molecule has 0 fully saturated rings. The predicted molar refractivity (Wildman–Crippen MR) is 120 cm³/mol. The van der Waals surface area contributed by atoms with E-state index < -0.39 is 0 Å². The molecular weight excluding hydrogens is 388 g/mol. The molecule has 0 amide bonds. The van der Waals surface area contributed by atoms with Crippen molar-refractivity contribution in [1.29, 1.82) is 0 Å². The fraction of sp³-hybridized carbons (Fsp3) is 0.333. The predicted octanol–water partition coefficient (Wildman–Crippen LogP) is 4.35. The maximum absolute atomic E-state index is 9.90. The Morgan fingerprint density at radius 1 is 1.03 bits per heavy atom. The third-order valence-corrected chi connectivity index (χ3v) is 5.49. The summed E-state index contributed by atoms with van der Waals surface area (Å²) in [5, 5.41) is 29.1. The zero-order valence-electron chi connectivity index (χ0n) is 18.2. The van der Waals surface area contributed by atoms with Gasteiger partial charge in [0.15, 0.2) is 0 Å². The molecule has 0 bridgehead atoms. The van der Waals surface area contributed by atoms with Crippen LogP contribution in [0.2, 0.25) is 0 Å². The highest BCUT2D eigenvalue weighted by Crippen LogP contribution is 2.30. The molecule has 7 heteroatoms. The molecule has 2 aromatic carbocycles. The Bertz CT molecular complexity index is 1130. The lowest BCUT2D eigenvalue weighted by atomic mass is 9.96. The molecule has 0 aliphatic rings. The molecule has 4 rings (SSSR count). The van der Waals surface area contributed by atoms with Crippen molar-refractivity contribution in [3.05, 3.63) is 71.0 Å². The molecule has 7 nitrogen and oxygen atoms in total. The van der Waals surface area contributed by atoms with Crippen LogP contribution in [0.3, 0.4) is 0 Å². The first kappa shape index (κ1) is 20.9. The smallest absolute Gasteiger partial charge is 0.205 e. The van der Waals surface area contributed by atoms with Crippen molar-refractivity contribution < 1.29 is 5.11 Å². The Morgan fingerprint density at radius 3 is 2.39 bits per heavy atom. The summed E-state index contributed by atoms with van der Waals surface area (Å²) < 4.78 is 2.07. The summed E-state index contributed by atoms with van der Waals surface area (Å²) in [6.45, 7) is 6.40. The summed E-state index contributed by atoms with van der Waals surface area (Å²) in [6.07, 6.45) is 2.75. The van der Waals surface area contributed by atoms with Crippen LogP contribution in [0.1, 0.15) is 55.7 Å². The topological polar surface area (TPSA) is 92.5 Å². The molecule has 0 radical (unpaired) electrons. The monoisotopic (exact) mass is 416 g/mol. The highest BCUT2D eigenvalue weighted by molar-refractivity contribution is 5.80. The van der Waals surface area contributed by atoms with Crippen LogP contribution in [0, 0.1) is 0 Å². The minimum atomic E-state index is -0.0398. The third-order valence-electron chi connectivity index (χ3n) is 5.49. The average molecular weight is 417 g/mol. The minimum absolute atomic E-state index is 0.0398. The number of tetrazole rings is 1. The van der Waals surface area contributed by atoms with Gasteiger partial charge in [-0.25, -0.2) is 0 Å². The minimum Gasteiger partial charge on any atom is -0.390 e. The van der Waals surface area contributed by atoms with Gasteiger partial charge in [0.05, 0.1) is 12.3 Å². The summed E-state index contributed by atoms with van der Waals surface area (Å²) in [7, 11) is 0. The van der Waals surface area contributed by atoms with Crippen molar-refractivity contribution in [3.8, 4) is 22.5 Å². The lowest BCUT2D eigenvalue weighted by Gasteiger charge is -2.12. The van der Waals surface area contributed by atoms with E-state index in [-0.39, 0.29) is 12.6 Å². The maximum atomic E-state index is 9.90. The van der Waals surface area contributed by atoms with E-state index in [1.807, 2.05) is 18.2 Å². The second-order valence-corrected chi connectivity index (χ2v) is 7.97. The van der Waals surface area contributed by atoms with E-state index in [1.54, 1.807) is 0 Å². The fourth-order valence-corrected chi connectivity index (χ4v) is 4.03. The lowest BCUT2D eigenvalue weighted by molar-refractivity contribution is 0.273. The average Bonchev–Trinajstić information content (AvgIpc) is 3.44. The summed E-state index contributed by atoms with van der Waals surface area (Å²) >= 11 is 0. The molecule has 2 aromatic heterocycles. The number of nitrogens with zero attached hydrogens (tertiary/aromatic N) is 5. The van der Waals surface area contributed by atoms with Crippen LogP contribution in [-0.2, 0) is 19.4 Å². The van der Waals surface area contributed by atoms with Gasteiger partial charge in [-0.2, -0.15) is 10.3 Å². The molecule has 31 heavy (non-hydrogen) atoms. The van der Waals surface area contributed by atoms with Gasteiger partial charge in [-0.05, 0) is 42.2 Å². The molecule has 2 heterocycles. The van der Waals surface area contributed by atoms with Crippen molar-refractivity contribution in [3.63, 3.8) is 0 Å². The van der Waals surface area contributed by atoms with Gasteiger partial charge in [0.1, 0.15) is 0 Å². The van der Waals surface area contributed by atoms with Crippen molar-refractivity contribution in [2.75, 3.05) is 0 Å². The Morgan fingerprint density at radius 2 is 1.77 bits per heavy atom. The zero-order valence-corrected chi connectivity index (χ0v) is 18.2. The van der Waals surface area contributed by atoms with Gasteiger partial charge in [-0.3, -0.25) is 4.68 Å². The Balaban J connectivity index is 1.66. The quantitative estimate of drug-likeness (QED) is 0.446. The van der Waals surface area contributed by atoms with E-state index >= 15 is 0 Å². The molecule has 0 aliphatic heterocycles. The van der Waals surface area contributed by atoms with E-state index in [9.17, 15) is 5.11 Å². The van der Waals surface area contributed by atoms with Crippen LogP contribution in [0.25, 0.3) is 22.5 Å². The summed E-state index contributed by atoms with van der Waals surface area (Å²) in [5.41, 5.74) is 7.45. The van der Waals surface area contributed by atoms with Gasteiger partial charge in [-0.1, -0.05) is 61.9 Å². The van der Waals surface area contributed by atoms with Crippen LogP contribution < -0.4 is 0 Å². The van der Waals surface area contributed by atoms with Crippen molar-refractivity contribution >= 4 is 0 Å².